The van der Waals surface area contributed by atoms with Crippen molar-refractivity contribution < 1.29 is 9.50 Å². The fourth-order valence-corrected chi connectivity index (χ4v) is 6.66. The number of nitrogens with zero attached hydrogens (tertiary/aromatic N) is 6. The Hall–Kier alpha value is -2.81. The van der Waals surface area contributed by atoms with Crippen LogP contribution in [0.25, 0.3) is 11.3 Å². The molecule has 0 radical (unpaired) electrons. The summed E-state index contributed by atoms with van der Waals surface area (Å²) in [6.45, 7) is 9.32. The molecular weight excluding hydrogens is 503 g/mol. The molecule has 3 aliphatic heterocycles. The Labute approximate surface area is 228 Å². The number of rotatable bonds is 5. The van der Waals surface area contributed by atoms with Gasteiger partial charge in [0.05, 0.1) is 16.8 Å². The molecule has 3 saturated heterocycles. The van der Waals surface area contributed by atoms with E-state index >= 15 is 0 Å². The van der Waals surface area contributed by atoms with Crippen LogP contribution in [0.15, 0.2) is 42.6 Å². The molecule has 1 N–H and O–H groups in total. The second-order valence-corrected chi connectivity index (χ2v) is 11.3. The van der Waals surface area contributed by atoms with Crippen LogP contribution in [0.1, 0.15) is 50.1 Å². The molecule has 2 aromatic heterocycles. The number of anilines is 2. The fourth-order valence-electron chi connectivity index (χ4n) is 6.36. The standard InChI is InChI=1S/C29H34ClFN6O/c1-18-17-37-9-3-4-25(37)27(18)28-33-24(20-5-7-22(31)8-6-20)15-26(34-28)35-10-12-36(13-11-35)29-23(30)14-21(16-32-29)19(2)38/h5-8,14-16,18-19,25,27,38H,3-4,9-13,17H2,1-2H3. The maximum atomic E-state index is 13.7. The second-order valence-electron chi connectivity index (χ2n) is 10.9. The van der Waals surface area contributed by atoms with E-state index in [9.17, 15) is 9.50 Å². The van der Waals surface area contributed by atoms with Crippen molar-refractivity contribution in [2.24, 2.45) is 5.92 Å². The first-order valence-corrected chi connectivity index (χ1v) is 14.0. The summed E-state index contributed by atoms with van der Waals surface area (Å²) in [7, 11) is 0. The van der Waals surface area contributed by atoms with Gasteiger partial charge in [-0.2, -0.15) is 0 Å². The summed E-state index contributed by atoms with van der Waals surface area (Å²) in [5.74, 6) is 3.11. The van der Waals surface area contributed by atoms with E-state index in [-0.39, 0.29) is 5.82 Å². The lowest BCUT2D eigenvalue weighted by Gasteiger charge is -2.37. The molecule has 6 rings (SSSR count). The number of halogens is 2. The van der Waals surface area contributed by atoms with Crippen LogP contribution < -0.4 is 9.80 Å². The van der Waals surface area contributed by atoms with Crippen LogP contribution in [0.3, 0.4) is 0 Å². The third kappa shape index (κ3) is 4.85. The van der Waals surface area contributed by atoms with E-state index in [4.69, 9.17) is 21.6 Å². The molecule has 0 amide bonds. The van der Waals surface area contributed by atoms with Crippen LogP contribution in [-0.4, -0.2) is 70.3 Å². The van der Waals surface area contributed by atoms with Gasteiger partial charge in [-0.3, -0.25) is 4.90 Å². The van der Waals surface area contributed by atoms with Crippen LogP contribution in [-0.2, 0) is 0 Å². The van der Waals surface area contributed by atoms with Gasteiger partial charge in [-0.05, 0) is 62.6 Å². The highest BCUT2D eigenvalue weighted by molar-refractivity contribution is 6.33. The molecule has 1 aromatic carbocycles. The van der Waals surface area contributed by atoms with Crippen molar-refractivity contribution in [3.05, 3.63) is 64.8 Å². The normalized spacial score (nSPS) is 24.6. The lowest BCUT2D eigenvalue weighted by molar-refractivity contribution is 0.199. The summed E-state index contributed by atoms with van der Waals surface area (Å²) in [5, 5.41) is 10.4. The van der Waals surface area contributed by atoms with Crippen molar-refractivity contribution in [1.29, 1.82) is 0 Å². The minimum Gasteiger partial charge on any atom is -0.389 e. The zero-order valence-electron chi connectivity index (χ0n) is 21.9. The second kappa shape index (κ2) is 10.4. The van der Waals surface area contributed by atoms with Crippen molar-refractivity contribution in [2.75, 3.05) is 49.1 Å². The summed E-state index contributed by atoms with van der Waals surface area (Å²) >= 11 is 6.53. The molecular formula is C29H34ClFN6O. The molecule has 7 nitrogen and oxygen atoms in total. The number of pyridine rings is 1. The van der Waals surface area contributed by atoms with Gasteiger partial charge < -0.3 is 14.9 Å². The molecule has 38 heavy (non-hydrogen) atoms. The van der Waals surface area contributed by atoms with Crippen LogP contribution in [0.5, 0.6) is 0 Å². The van der Waals surface area contributed by atoms with Crippen molar-refractivity contribution in [3.8, 4) is 11.3 Å². The average Bonchev–Trinajstić information content (AvgIpc) is 3.49. The number of hydrogen-bond acceptors (Lipinski definition) is 7. The molecule has 0 saturated carbocycles. The van der Waals surface area contributed by atoms with Crippen LogP contribution in [0, 0.1) is 11.7 Å². The Morgan fingerprint density at radius 2 is 1.76 bits per heavy atom. The minimum absolute atomic E-state index is 0.251. The zero-order chi connectivity index (χ0) is 26.4. The number of fused-ring (bicyclic) bond motifs is 1. The van der Waals surface area contributed by atoms with Gasteiger partial charge in [0.1, 0.15) is 23.3 Å². The summed E-state index contributed by atoms with van der Waals surface area (Å²) in [6, 6.07) is 10.9. The number of hydrogen-bond donors (Lipinski definition) is 1. The highest BCUT2D eigenvalue weighted by Gasteiger charge is 2.44. The molecule has 5 heterocycles. The Kier molecular flexibility index (Phi) is 6.97. The largest absolute Gasteiger partial charge is 0.389 e. The predicted octanol–water partition coefficient (Wildman–Crippen LogP) is 4.91. The maximum absolute atomic E-state index is 13.7. The third-order valence-electron chi connectivity index (χ3n) is 8.36. The molecule has 3 fully saturated rings. The maximum Gasteiger partial charge on any atom is 0.147 e. The van der Waals surface area contributed by atoms with Crippen molar-refractivity contribution in [3.63, 3.8) is 0 Å². The average molecular weight is 537 g/mol. The summed E-state index contributed by atoms with van der Waals surface area (Å²) in [6.07, 6.45) is 3.51. The molecule has 9 heteroatoms. The van der Waals surface area contributed by atoms with Crippen LogP contribution >= 0.6 is 11.6 Å². The van der Waals surface area contributed by atoms with E-state index < -0.39 is 6.10 Å². The van der Waals surface area contributed by atoms with Gasteiger partial charge in [0.15, 0.2) is 0 Å². The first-order valence-electron chi connectivity index (χ1n) is 13.6. The highest BCUT2D eigenvalue weighted by Crippen LogP contribution is 2.42. The molecule has 4 atom stereocenters. The number of benzene rings is 1. The smallest absolute Gasteiger partial charge is 0.147 e. The van der Waals surface area contributed by atoms with Gasteiger partial charge in [-0.25, -0.2) is 19.3 Å². The predicted molar refractivity (Wildman–Crippen MR) is 148 cm³/mol. The Balaban J connectivity index is 1.28. The van der Waals surface area contributed by atoms with Gasteiger partial charge in [0.2, 0.25) is 0 Å². The monoisotopic (exact) mass is 536 g/mol. The first kappa shape index (κ1) is 25.5. The van der Waals surface area contributed by atoms with Crippen molar-refractivity contribution >= 4 is 23.2 Å². The van der Waals surface area contributed by atoms with Gasteiger partial charge in [0, 0.05) is 68.1 Å². The van der Waals surface area contributed by atoms with Gasteiger partial charge in [-0.1, -0.05) is 18.5 Å². The van der Waals surface area contributed by atoms with Crippen LogP contribution in [0.4, 0.5) is 16.0 Å². The first-order chi connectivity index (χ1) is 18.4. The topological polar surface area (TPSA) is 68.6 Å². The quantitative estimate of drug-likeness (QED) is 0.497. The summed E-state index contributed by atoms with van der Waals surface area (Å²) in [5.41, 5.74) is 2.45. The SMILES string of the molecule is CC(O)c1cnc(N2CCN(c3cc(-c4ccc(F)cc4)nc(C4C(C)CN5CCCC45)n3)CC2)c(Cl)c1. The van der Waals surface area contributed by atoms with E-state index in [1.807, 2.05) is 6.07 Å². The molecule has 3 aromatic rings. The minimum atomic E-state index is -0.605. The fraction of sp³-hybridized carbons (Fsp3) is 0.483. The number of aromatic nitrogens is 3. The molecule has 3 aliphatic rings. The van der Waals surface area contributed by atoms with Crippen LogP contribution in [0.2, 0.25) is 5.02 Å². The summed E-state index contributed by atoms with van der Waals surface area (Å²) in [4.78, 5) is 21.9. The molecule has 200 valence electrons. The van der Waals surface area contributed by atoms with E-state index in [2.05, 4.69) is 26.6 Å². The summed E-state index contributed by atoms with van der Waals surface area (Å²) < 4.78 is 13.7. The number of aliphatic hydroxyl groups excluding tert-OH is 1. The van der Waals surface area contributed by atoms with E-state index in [0.717, 1.165) is 68.0 Å². The van der Waals surface area contributed by atoms with E-state index in [0.29, 0.717) is 28.5 Å². The van der Waals surface area contributed by atoms with Crippen molar-refractivity contribution in [2.45, 2.75) is 44.8 Å². The lowest BCUT2D eigenvalue weighted by Crippen LogP contribution is -2.47. The van der Waals surface area contributed by atoms with Gasteiger partial charge in [0.25, 0.3) is 0 Å². The van der Waals surface area contributed by atoms with Crippen molar-refractivity contribution in [1.82, 2.24) is 19.9 Å². The third-order valence-corrected chi connectivity index (χ3v) is 8.64. The lowest BCUT2D eigenvalue weighted by atomic mass is 9.89. The van der Waals surface area contributed by atoms with Gasteiger partial charge >= 0.3 is 0 Å². The number of aliphatic hydroxyl groups is 1. The Morgan fingerprint density at radius 1 is 1.03 bits per heavy atom. The van der Waals surface area contributed by atoms with E-state index in [1.54, 1.807) is 31.3 Å². The number of piperazine rings is 1. The van der Waals surface area contributed by atoms with Gasteiger partial charge in [-0.15, -0.1) is 0 Å². The molecule has 0 spiro atoms. The highest BCUT2D eigenvalue weighted by atomic mass is 35.5. The Morgan fingerprint density at radius 3 is 2.47 bits per heavy atom. The van der Waals surface area contributed by atoms with E-state index in [1.165, 1.54) is 25.0 Å². The zero-order valence-corrected chi connectivity index (χ0v) is 22.7. The molecule has 4 unspecified atom stereocenters. The Bertz CT molecular complexity index is 1300. The molecule has 0 bridgehead atoms. The molecule has 0 aliphatic carbocycles.